The Morgan fingerprint density at radius 1 is 1.22 bits per heavy atom. The molecule has 0 saturated carbocycles. The molecule has 0 aliphatic carbocycles. The van der Waals surface area contributed by atoms with Gasteiger partial charge in [0.25, 0.3) is 0 Å². The van der Waals surface area contributed by atoms with Crippen molar-refractivity contribution >= 4 is 45.4 Å². The molecule has 0 amide bonds. The maximum Gasteiger partial charge on any atom is 0.328 e. The summed E-state index contributed by atoms with van der Waals surface area (Å²) >= 11 is 3.19. The third kappa shape index (κ3) is 5.30. The van der Waals surface area contributed by atoms with E-state index in [1.807, 2.05) is 24.3 Å². The number of rotatable bonds is 6. The molecule has 0 atom stereocenters. The number of morpholine rings is 1. The molecule has 1 fully saturated rings. The third-order valence-corrected chi connectivity index (χ3v) is 5.48. The van der Waals surface area contributed by atoms with E-state index in [1.165, 1.54) is 6.07 Å². The molecule has 2 N–H and O–H groups in total. The molecule has 1 aliphatic rings. The third-order valence-electron chi connectivity index (χ3n) is 4.87. The highest BCUT2D eigenvalue weighted by atomic mass is 79.9. The number of carboxylic acid groups (broad SMARTS) is 1. The average Bonchev–Trinajstić information content (AvgIpc) is 2.81. The predicted molar refractivity (Wildman–Crippen MR) is 125 cm³/mol. The van der Waals surface area contributed by atoms with Gasteiger partial charge in [-0.3, -0.25) is 0 Å². The fraction of sp³-hybridized carbons (Fsp3) is 0.174. The Morgan fingerprint density at radius 3 is 2.78 bits per heavy atom. The van der Waals surface area contributed by atoms with Crippen LogP contribution < -0.4 is 10.2 Å². The van der Waals surface area contributed by atoms with Gasteiger partial charge in [0.2, 0.25) is 5.95 Å². The van der Waals surface area contributed by atoms with E-state index < -0.39 is 5.97 Å². The maximum absolute atomic E-state index is 13.6. The zero-order valence-corrected chi connectivity index (χ0v) is 18.5. The maximum atomic E-state index is 13.6. The molecule has 7 nitrogen and oxygen atoms in total. The Morgan fingerprint density at radius 2 is 2.03 bits per heavy atom. The number of halogens is 2. The summed E-state index contributed by atoms with van der Waals surface area (Å²) in [6.45, 7) is 2.56. The van der Waals surface area contributed by atoms with Crippen molar-refractivity contribution in [2.45, 2.75) is 0 Å². The van der Waals surface area contributed by atoms with Crippen molar-refractivity contribution in [3.63, 3.8) is 0 Å². The van der Waals surface area contributed by atoms with Crippen LogP contribution in [0.1, 0.15) is 5.56 Å². The molecule has 1 aliphatic heterocycles. The normalized spacial score (nSPS) is 14.0. The summed E-state index contributed by atoms with van der Waals surface area (Å²) in [5.74, 6) is -0.227. The Balaban J connectivity index is 1.71. The largest absolute Gasteiger partial charge is 0.478 e. The molecule has 0 unspecified atom stereocenters. The summed E-state index contributed by atoms with van der Waals surface area (Å²) in [5.41, 5.74) is 3.11. The van der Waals surface area contributed by atoms with Crippen molar-refractivity contribution in [3.8, 4) is 11.1 Å². The number of carboxylic acids is 1. The van der Waals surface area contributed by atoms with Gasteiger partial charge in [-0.25, -0.2) is 14.2 Å². The highest BCUT2D eigenvalue weighted by Gasteiger charge is 2.19. The summed E-state index contributed by atoms with van der Waals surface area (Å²) in [6, 6.07) is 12.1. The molecule has 2 heterocycles. The Kier molecular flexibility index (Phi) is 6.77. The molecule has 0 bridgehead atoms. The summed E-state index contributed by atoms with van der Waals surface area (Å²) in [6.07, 6.45) is 4.38. The van der Waals surface area contributed by atoms with Gasteiger partial charge in [0.15, 0.2) is 0 Å². The summed E-state index contributed by atoms with van der Waals surface area (Å²) in [4.78, 5) is 22.2. The lowest BCUT2D eigenvalue weighted by Crippen LogP contribution is -2.37. The first-order chi connectivity index (χ1) is 15.5. The van der Waals surface area contributed by atoms with Crippen LogP contribution in [-0.4, -0.2) is 47.3 Å². The van der Waals surface area contributed by atoms with E-state index >= 15 is 0 Å². The second kappa shape index (κ2) is 9.88. The average molecular weight is 499 g/mol. The molecule has 3 aromatic rings. The minimum atomic E-state index is -1.00. The molecule has 32 heavy (non-hydrogen) atoms. The number of hydrogen-bond donors (Lipinski definition) is 2. The van der Waals surface area contributed by atoms with E-state index in [4.69, 9.17) is 14.8 Å². The van der Waals surface area contributed by atoms with E-state index in [-0.39, 0.29) is 5.82 Å². The first-order valence-electron chi connectivity index (χ1n) is 9.93. The van der Waals surface area contributed by atoms with Gasteiger partial charge in [-0.2, -0.15) is 4.98 Å². The van der Waals surface area contributed by atoms with Crippen molar-refractivity contribution in [1.29, 1.82) is 0 Å². The lowest BCUT2D eigenvalue weighted by Gasteiger charge is -2.29. The molecule has 9 heteroatoms. The summed E-state index contributed by atoms with van der Waals surface area (Å²) < 4.78 is 19.4. The summed E-state index contributed by atoms with van der Waals surface area (Å²) in [7, 11) is 0. The van der Waals surface area contributed by atoms with Crippen molar-refractivity contribution in [1.82, 2.24) is 9.97 Å². The van der Waals surface area contributed by atoms with Crippen LogP contribution in [0, 0.1) is 5.82 Å². The standard InChI is InChI=1S/C23H20BrFN4O3/c24-19-13-17(5-6-20(19)25)27-23-26-14-18(22(28-23)29-8-10-32-11-9-29)16-3-1-2-15(12-16)4-7-21(30)31/h1-7,12-14H,8-11H2,(H,30,31)(H,26,27,28). The topological polar surface area (TPSA) is 87.6 Å². The number of anilines is 3. The van der Waals surface area contributed by atoms with Crippen LogP contribution in [0.3, 0.4) is 0 Å². The van der Waals surface area contributed by atoms with Gasteiger partial charge in [-0.05, 0) is 57.4 Å². The first kappa shape index (κ1) is 21.9. The minimum Gasteiger partial charge on any atom is -0.478 e. The second-order valence-corrected chi connectivity index (χ2v) is 7.94. The zero-order valence-electron chi connectivity index (χ0n) is 17.0. The van der Waals surface area contributed by atoms with Crippen LogP contribution in [-0.2, 0) is 9.53 Å². The molecule has 1 aromatic heterocycles. The zero-order chi connectivity index (χ0) is 22.5. The van der Waals surface area contributed by atoms with Gasteiger partial charge >= 0.3 is 5.97 Å². The number of carbonyl (C=O) groups is 1. The van der Waals surface area contributed by atoms with Crippen molar-refractivity contribution < 1.29 is 19.0 Å². The summed E-state index contributed by atoms with van der Waals surface area (Å²) in [5, 5.41) is 12.0. The lowest BCUT2D eigenvalue weighted by molar-refractivity contribution is -0.131. The van der Waals surface area contributed by atoms with Crippen LogP contribution in [0.5, 0.6) is 0 Å². The van der Waals surface area contributed by atoms with E-state index in [2.05, 4.69) is 31.1 Å². The van der Waals surface area contributed by atoms with Gasteiger partial charge in [-0.15, -0.1) is 0 Å². The fourth-order valence-electron chi connectivity index (χ4n) is 3.33. The first-order valence-corrected chi connectivity index (χ1v) is 10.7. The van der Waals surface area contributed by atoms with Gasteiger partial charge < -0.3 is 20.1 Å². The smallest absolute Gasteiger partial charge is 0.328 e. The van der Waals surface area contributed by atoms with Crippen molar-refractivity contribution in [2.75, 3.05) is 36.5 Å². The Hall–Kier alpha value is -3.30. The fourth-order valence-corrected chi connectivity index (χ4v) is 3.71. The molecule has 164 valence electrons. The van der Waals surface area contributed by atoms with Gasteiger partial charge in [0.05, 0.1) is 17.7 Å². The van der Waals surface area contributed by atoms with Crippen molar-refractivity contribution in [2.24, 2.45) is 0 Å². The molecule has 1 saturated heterocycles. The minimum absolute atomic E-state index is 0.346. The molecule has 2 aromatic carbocycles. The monoisotopic (exact) mass is 498 g/mol. The van der Waals surface area contributed by atoms with Crippen LogP contribution in [0.15, 0.2) is 59.2 Å². The number of nitrogens with zero attached hydrogens (tertiary/aromatic N) is 3. The van der Waals surface area contributed by atoms with Crippen LogP contribution >= 0.6 is 15.9 Å². The number of aliphatic carboxylic acids is 1. The van der Waals surface area contributed by atoms with Gasteiger partial charge in [-0.1, -0.05) is 18.2 Å². The second-order valence-electron chi connectivity index (χ2n) is 7.08. The molecule has 0 spiro atoms. The molecular formula is C23H20BrFN4O3. The predicted octanol–water partition coefficient (Wildman–Crippen LogP) is 4.72. The number of hydrogen-bond acceptors (Lipinski definition) is 6. The number of benzene rings is 2. The molecule has 4 rings (SSSR count). The Labute approximate surface area is 192 Å². The number of nitrogens with one attached hydrogen (secondary N) is 1. The highest BCUT2D eigenvalue weighted by Crippen LogP contribution is 2.32. The van der Waals surface area contributed by atoms with E-state index in [0.717, 1.165) is 28.6 Å². The SMILES string of the molecule is O=C(O)C=Cc1cccc(-c2cnc(Nc3ccc(F)c(Br)c3)nc2N2CCOCC2)c1. The van der Waals surface area contributed by atoms with E-state index in [0.29, 0.717) is 42.4 Å². The van der Waals surface area contributed by atoms with Crippen LogP contribution in [0.2, 0.25) is 0 Å². The van der Waals surface area contributed by atoms with Gasteiger partial charge in [0.1, 0.15) is 11.6 Å². The highest BCUT2D eigenvalue weighted by molar-refractivity contribution is 9.10. The van der Waals surface area contributed by atoms with E-state index in [1.54, 1.807) is 24.4 Å². The Bertz CT molecular complexity index is 1170. The van der Waals surface area contributed by atoms with Crippen LogP contribution in [0.4, 0.5) is 21.8 Å². The van der Waals surface area contributed by atoms with Crippen molar-refractivity contribution in [3.05, 3.63) is 70.6 Å². The van der Waals surface area contributed by atoms with Gasteiger partial charge in [0, 0.05) is 36.6 Å². The number of ether oxygens (including phenoxy) is 1. The molecular weight excluding hydrogens is 479 g/mol. The molecule has 0 radical (unpaired) electrons. The lowest BCUT2D eigenvalue weighted by atomic mass is 10.0. The quantitative estimate of drug-likeness (QED) is 0.475. The van der Waals surface area contributed by atoms with E-state index in [9.17, 15) is 9.18 Å². The van der Waals surface area contributed by atoms with Crippen LogP contribution in [0.25, 0.3) is 17.2 Å². The number of aromatic nitrogens is 2.